The normalized spacial score (nSPS) is 26.5. The number of aromatic nitrogens is 2. The van der Waals surface area contributed by atoms with Crippen molar-refractivity contribution < 1.29 is 63.8 Å². The van der Waals surface area contributed by atoms with Gasteiger partial charge >= 0.3 is 43.1 Å². The number of hydrogen-bond acceptors (Lipinski definition) is 7. The topological polar surface area (TPSA) is 186 Å². The first kappa shape index (κ1) is 23.7. The second kappa shape index (κ2) is 9.22. The van der Waals surface area contributed by atoms with Gasteiger partial charge in [0.05, 0.1) is 23.8 Å². The summed E-state index contributed by atoms with van der Waals surface area (Å²) in [6, 6.07) is -0.00412. The van der Waals surface area contributed by atoms with Crippen LogP contribution in [0.2, 0.25) is 0 Å². The molecule has 2 aliphatic heterocycles. The molecule has 142 valence electrons. The Labute approximate surface area is 169 Å². The first-order chi connectivity index (χ1) is 11.5. The van der Waals surface area contributed by atoms with Gasteiger partial charge in [0, 0.05) is 19.3 Å². The maximum Gasteiger partial charge on any atom is 1.00 e. The molecule has 0 radical (unpaired) electrons. The number of nitrogens with one attached hydrogen (secondary N) is 1. The van der Waals surface area contributed by atoms with Gasteiger partial charge in [-0.3, -0.25) is 14.3 Å². The second-order valence-electron chi connectivity index (χ2n) is 5.81. The van der Waals surface area contributed by atoms with Crippen molar-refractivity contribution in [3.05, 3.63) is 39.2 Å². The number of ether oxygens (including phenoxy) is 1. The summed E-state index contributed by atoms with van der Waals surface area (Å²) in [4.78, 5) is 49.5. The van der Waals surface area contributed by atoms with E-state index in [4.69, 9.17) is 24.0 Å². The van der Waals surface area contributed by atoms with Crippen molar-refractivity contribution in [3.63, 3.8) is 0 Å². The molecule has 0 bridgehead atoms. The SMILES string of the molecule is CN1CC(n2cc([C@@H]3O[CH-][C@@H](O)[C@H]3O)c(=O)[nH]c2=O)C1.O=P(O)(O)O.[Na+]. The van der Waals surface area contributed by atoms with E-state index in [2.05, 4.69) is 4.98 Å². The van der Waals surface area contributed by atoms with Gasteiger partial charge in [-0.05, 0) is 13.2 Å². The molecule has 0 saturated carbocycles. The van der Waals surface area contributed by atoms with Crippen LogP contribution in [-0.2, 0) is 9.30 Å². The smallest absolute Gasteiger partial charge is 0.542 e. The molecular formula is C12H19N3NaO9P. The Morgan fingerprint density at radius 1 is 1.27 bits per heavy atom. The number of H-pyrrole nitrogens is 1. The first-order valence-corrected chi connectivity index (χ1v) is 8.71. The van der Waals surface area contributed by atoms with Gasteiger partial charge in [-0.1, -0.05) is 0 Å². The summed E-state index contributed by atoms with van der Waals surface area (Å²) in [6.45, 7) is 2.52. The summed E-state index contributed by atoms with van der Waals surface area (Å²) < 4.78 is 15.4. The number of aliphatic hydroxyl groups is 2. The molecular weight excluding hydrogens is 384 g/mol. The number of aliphatic hydroxyl groups excluding tert-OH is 2. The number of phosphoric acid groups is 1. The van der Waals surface area contributed by atoms with Crippen molar-refractivity contribution >= 4 is 7.82 Å². The zero-order chi connectivity index (χ0) is 18.9. The summed E-state index contributed by atoms with van der Waals surface area (Å²) in [5.74, 6) is 0. The van der Waals surface area contributed by atoms with E-state index >= 15 is 0 Å². The predicted molar refractivity (Wildman–Crippen MR) is 82.3 cm³/mol. The number of nitrogens with zero attached hydrogens (tertiary/aromatic N) is 2. The molecule has 1 aromatic heterocycles. The van der Waals surface area contributed by atoms with Crippen molar-refractivity contribution in [1.29, 1.82) is 0 Å². The Kier molecular flexibility index (Phi) is 8.39. The molecule has 3 atom stereocenters. The van der Waals surface area contributed by atoms with Crippen molar-refractivity contribution in [2.24, 2.45) is 0 Å². The Hall–Kier alpha value is -0.370. The third kappa shape index (κ3) is 6.08. The van der Waals surface area contributed by atoms with Crippen LogP contribution in [0.25, 0.3) is 0 Å². The fraction of sp³-hybridized carbons (Fsp3) is 0.583. The molecule has 26 heavy (non-hydrogen) atoms. The third-order valence-corrected chi connectivity index (χ3v) is 3.76. The average molecular weight is 403 g/mol. The predicted octanol–water partition coefficient (Wildman–Crippen LogP) is -5.95. The number of aromatic amines is 1. The number of hydrogen-bond donors (Lipinski definition) is 6. The first-order valence-electron chi connectivity index (χ1n) is 7.14. The molecule has 0 aliphatic carbocycles. The van der Waals surface area contributed by atoms with Gasteiger partial charge in [0.25, 0.3) is 5.56 Å². The fourth-order valence-electron chi connectivity index (χ4n) is 2.58. The minimum absolute atomic E-state index is 0. The van der Waals surface area contributed by atoms with Crippen LogP contribution in [0.1, 0.15) is 17.7 Å². The van der Waals surface area contributed by atoms with E-state index in [1.165, 1.54) is 10.8 Å². The van der Waals surface area contributed by atoms with Crippen LogP contribution in [0.5, 0.6) is 0 Å². The van der Waals surface area contributed by atoms with Crippen LogP contribution < -0.4 is 40.8 Å². The summed E-state index contributed by atoms with van der Waals surface area (Å²) in [6.07, 6.45) is -1.90. The summed E-state index contributed by atoms with van der Waals surface area (Å²) in [5.41, 5.74) is -0.946. The van der Waals surface area contributed by atoms with Gasteiger partial charge in [-0.15, -0.1) is 0 Å². The van der Waals surface area contributed by atoms with Crippen LogP contribution in [-0.4, -0.2) is 71.7 Å². The molecule has 2 saturated heterocycles. The van der Waals surface area contributed by atoms with Crippen molar-refractivity contribution in [2.45, 2.75) is 24.4 Å². The van der Waals surface area contributed by atoms with Gasteiger partial charge in [-0.25, -0.2) is 9.36 Å². The van der Waals surface area contributed by atoms with Gasteiger partial charge in [0.15, 0.2) is 0 Å². The molecule has 0 unspecified atom stereocenters. The molecule has 0 spiro atoms. The quantitative estimate of drug-likeness (QED) is 0.158. The molecule has 0 amide bonds. The molecule has 12 nitrogen and oxygen atoms in total. The summed E-state index contributed by atoms with van der Waals surface area (Å²) >= 11 is 0. The Bertz CT molecular complexity index is 764. The van der Waals surface area contributed by atoms with Crippen molar-refractivity contribution in [2.75, 3.05) is 20.1 Å². The van der Waals surface area contributed by atoms with E-state index < -0.39 is 37.4 Å². The van der Waals surface area contributed by atoms with Crippen LogP contribution in [0.3, 0.4) is 0 Å². The van der Waals surface area contributed by atoms with E-state index in [0.717, 1.165) is 6.61 Å². The molecule has 14 heteroatoms. The Balaban J connectivity index is 0.000000501. The third-order valence-electron chi connectivity index (χ3n) is 3.76. The summed E-state index contributed by atoms with van der Waals surface area (Å²) in [7, 11) is -2.71. The van der Waals surface area contributed by atoms with Crippen LogP contribution >= 0.6 is 7.82 Å². The Morgan fingerprint density at radius 2 is 1.81 bits per heavy atom. The minimum Gasteiger partial charge on any atom is -0.542 e. The van der Waals surface area contributed by atoms with E-state index in [1.807, 2.05) is 11.9 Å². The summed E-state index contributed by atoms with van der Waals surface area (Å²) in [5, 5.41) is 19.2. The molecule has 1 aromatic rings. The van der Waals surface area contributed by atoms with Gasteiger partial charge in [-0.2, -0.15) is 6.61 Å². The van der Waals surface area contributed by atoms with E-state index in [9.17, 15) is 19.8 Å². The zero-order valence-corrected chi connectivity index (χ0v) is 17.0. The number of likely N-dealkylation sites (tertiary alicyclic amines) is 1. The van der Waals surface area contributed by atoms with Gasteiger partial charge in [0.1, 0.15) is 0 Å². The van der Waals surface area contributed by atoms with E-state index in [0.29, 0.717) is 13.1 Å². The average Bonchev–Trinajstić information content (AvgIpc) is 2.75. The van der Waals surface area contributed by atoms with Crippen molar-refractivity contribution in [1.82, 2.24) is 14.5 Å². The van der Waals surface area contributed by atoms with Crippen LogP contribution in [0, 0.1) is 6.61 Å². The van der Waals surface area contributed by atoms with Crippen LogP contribution in [0.15, 0.2) is 15.8 Å². The van der Waals surface area contributed by atoms with Gasteiger partial charge in [0.2, 0.25) is 0 Å². The molecule has 3 heterocycles. The van der Waals surface area contributed by atoms with Crippen LogP contribution in [0.4, 0.5) is 0 Å². The van der Waals surface area contributed by atoms with E-state index in [-0.39, 0.29) is 41.2 Å². The molecule has 0 aromatic carbocycles. The minimum atomic E-state index is -4.64. The molecule has 6 N–H and O–H groups in total. The number of rotatable bonds is 2. The Morgan fingerprint density at radius 3 is 2.23 bits per heavy atom. The molecule has 3 rings (SSSR count). The maximum atomic E-state index is 11.9. The maximum absolute atomic E-state index is 11.9. The zero-order valence-electron chi connectivity index (χ0n) is 14.1. The van der Waals surface area contributed by atoms with E-state index in [1.54, 1.807) is 0 Å². The van der Waals surface area contributed by atoms with Crippen molar-refractivity contribution in [3.8, 4) is 0 Å². The number of likely N-dealkylation sites (N-methyl/N-ethyl adjacent to an activating group) is 1. The molecule has 2 fully saturated rings. The standard InChI is InChI=1S/C12H16N3O5.Na.H3O4P/c1-14-2-6(3-14)15-4-7(11(18)13-12(15)19)10-9(17)8(16)5-20-10;;1-5(2,3)4/h4-6,8-10,16-17H,2-3H2,1H3,(H,13,18,19);;(H3,1,2,3,4)/q-1;+1;/t8-,9-,10+;;/m1../s1. The fourth-order valence-corrected chi connectivity index (χ4v) is 2.58. The van der Waals surface area contributed by atoms with Gasteiger partial charge < -0.3 is 34.5 Å². The monoisotopic (exact) mass is 403 g/mol. The second-order valence-corrected chi connectivity index (χ2v) is 6.84. The molecule has 2 aliphatic rings. The largest absolute Gasteiger partial charge is 1.00 e.